The third-order valence-electron chi connectivity index (χ3n) is 2.91. The van der Waals surface area contributed by atoms with E-state index in [2.05, 4.69) is 5.10 Å². The van der Waals surface area contributed by atoms with Gasteiger partial charge in [-0.3, -0.25) is 10.1 Å². The molecular weight excluding hydrogens is 240 g/mol. The van der Waals surface area contributed by atoms with Crippen molar-refractivity contribution >= 4 is 5.84 Å². The summed E-state index contributed by atoms with van der Waals surface area (Å²) in [7, 11) is 1.89. The van der Waals surface area contributed by atoms with Gasteiger partial charge in [-0.1, -0.05) is 12.1 Å². The monoisotopic (exact) mass is 258 g/mol. The van der Waals surface area contributed by atoms with E-state index in [0.717, 1.165) is 23.3 Å². The first-order valence-electron chi connectivity index (χ1n) is 6.11. The van der Waals surface area contributed by atoms with Gasteiger partial charge in [0.2, 0.25) is 0 Å². The number of nitrogens with zero attached hydrogens (tertiary/aromatic N) is 2. The highest BCUT2D eigenvalue weighted by Crippen LogP contribution is 2.19. The number of aromatic nitrogens is 2. The summed E-state index contributed by atoms with van der Waals surface area (Å²) in [4.78, 5) is 0. The number of hydrogen-bond acceptors (Lipinski definition) is 3. The van der Waals surface area contributed by atoms with Crippen LogP contribution in [0.4, 0.5) is 0 Å². The van der Waals surface area contributed by atoms with Crippen molar-refractivity contribution in [1.29, 1.82) is 5.41 Å². The zero-order valence-corrected chi connectivity index (χ0v) is 11.2. The van der Waals surface area contributed by atoms with Crippen LogP contribution >= 0.6 is 0 Å². The minimum atomic E-state index is 0.0529. The van der Waals surface area contributed by atoms with Crippen LogP contribution in [0.25, 0.3) is 0 Å². The predicted molar refractivity (Wildman–Crippen MR) is 74.6 cm³/mol. The van der Waals surface area contributed by atoms with E-state index >= 15 is 0 Å². The van der Waals surface area contributed by atoms with E-state index in [0.29, 0.717) is 12.2 Å². The molecule has 1 aromatic carbocycles. The van der Waals surface area contributed by atoms with E-state index in [1.54, 1.807) is 10.7 Å². The summed E-state index contributed by atoms with van der Waals surface area (Å²) in [5.41, 5.74) is 8.33. The maximum absolute atomic E-state index is 7.43. The molecule has 0 unspecified atom stereocenters. The lowest BCUT2D eigenvalue weighted by molar-refractivity contribution is 0.319. The van der Waals surface area contributed by atoms with Crippen LogP contribution in [-0.4, -0.2) is 22.2 Å². The molecule has 0 radical (unpaired) electrons. The number of hydrogen-bond donors (Lipinski definition) is 2. The van der Waals surface area contributed by atoms with E-state index in [9.17, 15) is 0 Å². The van der Waals surface area contributed by atoms with Crippen molar-refractivity contribution in [3.63, 3.8) is 0 Å². The van der Waals surface area contributed by atoms with Gasteiger partial charge in [-0.05, 0) is 24.1 Å². The van der Waals surface area contributed by atoms with Crippen molar-refractivity contribution in [3.8, 4) is 5.75 Å². The highest BCUT2D eigenvalue weighted by atomic mass is 16.5. The minimum absolute atomic E-state index is 0.0529. The Bertz CT molecular complexity index is 589. The lowest BCUT2D eigenvalue weighted by Gasteiger charge is -2.10. The number of rotatable bonds is 5. The average molecular weight is 258 g/mol. The molecule has 2 aromatic rings. The maximum atomic E-state index is 7.43. The Morgan fingerprint density at radius 2 is 2.26 bits per heavy atom. The molecule has 0 fully saturated rings. The van der Waals surface area contributed by atoms with Crippen LogP contribution in [0.5, 0.6) is 5.75 Å². The molecule has 1 aromatic heterocycles. The van der Waals surface area contributed by atoms with Gasteiger partial charge in [0.1, 0.15) is 11.6 Å². The molecule has 3 N–H and O–H groups in total. The molecule has 0 bridgehead atoms. The zero-order chi connectivity index (χ0) is 13.8. The van der Waals surface area contributed by atoms with E-state index in [1.165, 1.54) is 0 Å². The molecule has 0 amide bonds. The first-order chi connectivity index (χ1) is 9.06. The smallest absolute Gasteiger partial charge is 0.122 e. The molecule has 19 heavy (non-hydrogen) atoms. The molecule has 0 atom stereocenters. The summed E-state index contributed by atoms with van der Waals surface area (Å²) >= 11 is 0. The van der Waals surface area contributed by atoms with Crippen molar-refractivity contribution in [2.45, 2.75) is 13.3 Å². The van der Waals surface area contributed by atoms with Gasteiger partial charge < -0.3 is 10.5 Å². The summed E-state index contributed by atoms with van der Waals surface area (Å²) in [5.74, 6) is 0.827. The topological polar surface area (TPSA) is 76.9 Å². The van der Waals surface area contributed by atoms with E-state index in [1.807, 2.05) is 38.5 Å². The Labute approximate surface area is 112 Å². The van der Waals surface area contributed by atoms with E-state index < -0.39 is 0 Å². The summed E-state index contributed by atoms with van der Waals surface area (Å²) in [6, 6.07) is 5.54. The number of nitrogens with two attached hydrogens (primary N) is 1. The molecule has 1 heterocycles. The van der Waals surface area contributed by atoms with Gasteiger partial charge in [-0.15, -0.1) is 0 Å². The third kappa shape index (κ3) is 3.34. The van der Waals surface area contributed by atoms with Crippen LogP contribution in [0.3, 0.4) is 0 Å². The molecule has 100 valence electrons. The van der Waals surface area contributed by atoms with Crippen molar-refractivity contribution in [2.75, 3.05) is 6.61 Å². The van der Waals surface area contributed by atoms with Crippen LogP contribution in [-0.2, 0) is 13.5 Å². The first kappa shape index (κ1) is 13.1. The quantitative estimate of drug-likeness (QED) is 0.632. The lowest BCUT2D eigenvalue weighted by atomic mass is 10.1. The molecule has 0 aliphatic carbocycles. The van der Waals surface area contributed by atoms with E-state index in [-0.39, 0.29) is 5.84 Å². The second-order valence-corrected chi connectivity index (χ2v) is 4.51. The number of nitrogen functional groups attached to an aromatic ring is 1. The summed E-state index contributed by atoms with van der Waals surface area (Å²) in [5, 5.41) is 11.5. The number of ether oxygens (including phenoxy) is 1. The Morgan fingerprint density at radius 1 is 1.47 bits per heavy atom. The highest BCUT2D eigenvalue weighted by Gasteiger charge is 2.04. The fraction of sp³-hybridized carbons (Fsp3) is 0.286. The van der Waals surface area contributed by atoms with Crippen LogP contribution < -0.4 is 10.5 Å². The number of nitrogens with one attached hydrogen (secondary N) is 1. The molecule has 0 aliphatic rings. The molecule has 0 saturated heterocycles. The minimum Gasteiger partial charge on any atom is -0.493 e. The molecular formula is C14H18N4O. The van der Waals surface area contributed by atoms with Crippen molar-refractivity contribution in [2.24, 2.45) is 12.8 Å². The fourth-order valence-corrected chi connectivity index (χ4v) is 1.80. The second-order valence-electron chi connectivity index (χ2n) is 4.51. The molecule has 5 nitrogen and oxygen atoms in total. The van der Waals surface area contributed by atoms with Gasteiger partial charge in [0, 0.05) is 25.2 Å². The van der Waals surface area contributed by atoms with Gasteiger partial charge in [0.05, 0.1) is 12.8 Å². The Kier molecular flexibility index (Phi) is 3.85. The van der Waals surface area contributed by atoms with Crippen LogP contribution in [0.2, 0.25) is 0 Å². The molecule has 0 aliphatic heterocycles. The Morgan fingerprint density at radius 3 is 2.89 bits per heavy atom. The summed E-state index contributed by atoms with van der Waals surface area (Å²) in [6.45, 7) is 2.55. The van der Waals surface area contributed by atoms with Gasteiger partial charge >= 0.3 is 0 Å². The average Bonchev–Trinajstić information content (AvgIpc) is 2.77. The zero-order valence-electron chi connectivity index (χ0n) is 11.2. The number of aryl methyl sites for hydroxylation is 2. The highest BCUT2D eigenvalue weighted by molar-refractivity contribution is 5.95. The maximum Gasteiger partial charge on any atom is 0.122 e. The number of amidine groups is 1. The lowest BCUT2D eigenvalue weighted by Crippen LogP contribution is -2.11. The fourth-order valence-electron chi connectivity index (χ4n) is 1.80. The second kappa shape index (κ2) is 5.56. The van der Waals surface area contributed by atoms with Gasteiger partial charge in [-0.25, -0.2) is 0 Å². The van der Waals surface area contributed by atoms with Gasteiger partial charge in [-0.2, -0.15) is 5.10 Å². The van der Waals surface area contributed by atoms with Crippen molar-refractivity contribution < 1.29 is 4.74 Å². The summed E-state index contributed by atoms with van der Waals surface area (Å²) in [6.07, 6.45) is 4.61. The van der Waals surface area contributed by atoms with Gasteiger partial charge in [0.25, 0.3) is 0 Å². The van der Waals surface area contributed by atoms with Crippen molar-refractivity contribution in [3.05, 3.63) is 47.3 Å². The number of benzene rings is 1. The van der Waals surface area contributed by atoms with Gasteiger partial charge in [0.15, 0.2) is 0 Å². The molecule has 0 spiro atoms. The molecule has 2 rings (SSSR count). The van der Waals surface area contributed by atoms with Crippen LogP contribution in [0.15, 0.2) is 30.6 Å². The molecule has 0 saturated carbocycles. The van der Waals surface area contributed by atoms with Crippen LogP contribution in [0.1, 0.15) is 16.7 Å². The third-order valence-corrected chi connectivity index (χ3v) is 2.91. The molecule has 5 heteroatoms. The normalized spacial score (nSPS) is 10.4. The first-order valence-corrected chi connectivity index (χ1v) is 6.11. The SMILES string of the molecule is Cc1ccc(C(=N)N)cc1OCCc1cnn(C)c1. The van der Waals surface area contributed by atoms with Crippen LogP contribution in [0, 0.1) is 12.3 Å². The largest absolute Gasteiger partial charge is 0.493 e. The van der Waals surface area contributed by atoms with Crippen molar-refractivity contribution in [1.82, 2.24) is 9.78 Å². The standard InChI is InChI=1S/C14H18N4O/c1-10-3-4-12(14(15)16)7-13(10)19-6-5-11-8-17-18(2)9-11/h3-4,7-9H,5-6H2,1-2H3,(H3,15,16). The summed E-state index contributed by atoms with van der Waals surface area (Å²) < 4.78 is 7.53. The Balaban J connectivity index is 1.99. The Hall–Kier alpha value is -2.30. The van der Waals surface area contributed by atoms with E-state index in [4.69, 9.17) is 15.9 Å². The predicted octanol–water partition coefficient (Wildman–Crippen LogP) is 1.63.